The normalized spacial score (nSPS) is 25.8. The van der Waals surface area contributed by atoms with Crippen LogP contribution in [0.15, 0.2) is 36.0 Å². The zero-order valence-corrected chi connectivity index (χ0v) is 21.5. The summed E-state index contributed by atoms with van der Waals surface area (Å²) in [5, 5.41) is 6.59. The number of amides is 4. The Morgan fingerprint density at radius 2 is 1.82 bits per heavy atom. The van der Waals surface area contributed by atoms with E-state index in [1.165, 1.54) is 43.9 Å². The number of allylic oxidation sites excluding steroid dienone is 2. The third-order valence-corrected chi connectivity index (χ3v) is 7.59. The number of alkyl halides is 4. The maximum atomic E-state index is 14.5. The van der Waals surface area contributed by atoms with Gasteiger partial charge < -0.3 is 20.9 Å². The molecule has 2 fully saturated rings. The van der Waals surface area contributed by atoms with Gasteiger partial charge in [0, 0.05) is 31.1 Å². The number of fused-ring (bicyclic) bond motifs is 1. The van der Waals surface area contributed by atoms with Gasteiger partial charge in [-0.1, -0.05) is 45.0 Å². The summed E-state index contributed by atoms with van der Waals surface area (Å²) in [6, 6.07) is 2.35. The highest BCUT2D eigenvalue weighted by Gasteiger charge is 2.61. The molecule has 1 aromatic rings. The molecular weight excluding hydrogens is 527 g/mol. The molecule has 0 saturated carbocycles. The van der Waals surface area contributed by atoms with Crippen molar-refractivity contribution < 1.29 is 41.1 Å². The van der Waals surface area contributed by atoms with Crippen LogP contribution in [0.4, 0.5) is 22.0 Å². The molecule has 3 N–H and O–H groups in total. The summed E-state index contributed by atoms with van der Waals surface area (Å²) >= 11 is 0. The quantitative estimate of drug-likeness (QED) is 0.467. The Morgan fingerprint density at radius 3 is 2.41 bits per heavy atom. The van der Waals surface area contributed by atoms with Gasteiger partial charge in [-0.25, -0.2) is 8.78 Å². The molecule has 3 aliphatic heterocycles. The smallest absolute Gasteiger partial charge is 0.342 e. The lowest BCUT2D eigenvalue weighted by atomic mass is 9.63. The van der Waals surface area contributed by atoms with Crippen LogP contribution < -0.4 is 16.0 Å². The molecule has 1 aromatic carbocycles. The minimum Gasteiger partial charge on any atom is -0.342 e. The van der Waals surface area contributed by atoms with Crippen molar-refractivity contribution in [3.63, 3.8) is 0 Å². The number of piperidine rings is 1. The van der Waals surface area contributed by atoms with Crippen molar-refractivity contribution in [1.29, 1.82) is 0 Å². The van der Waals surface area contributed by atoms with Crippen molar-refractivity contribution in [2.45, 2.75) is 58.0 Å². The molecule has 39 heavy (non-hydrogen) atoms. The Labute approximate surface area is 221 Å². The van der Waals surface area contributed by atoms with Crippen LogP contribution >= 0.6 is 0 Å². The average molecular weight is 557 g/mol. The highest BCUT2D eigenvalue weighted by atomic mass is 19.4. The lowest BCUT2D eigenvalue weighted by Gasteiger charge is -2.48. The number of halogens is 5. The van der Waals surface area contributed by atoms with Crippen molar-refractivity contribution in [3.05, 3.63) is 47.4 Å². The van der Waals surface area contributed by atoms with E-state index in [1.54, 1.807) is 11.4 Å². The molecule has 3 heterocycles. The lowest BCUT2D eigenvalue weighted by molar-refractivity contribution is -0.175. The first-order valence-electron chi connectivity index (χ1n) is 12.4. The van der Waals surface area contributed by atoms with Gasteiger partial charge in [0.1, 0.15) is 24.1 Å². The van der Waals surface area contributed by atoms with Gasteiger partial charge in [0.25, 0.3) is 0 Å². The average Bonchev–Trinajstić information content (AvgIpc) is 3.27. The van der Waals surface area contributed by atoms with Gasteiger partial charge in [-0.05, 0) is 23.5 Å². The highest BCUT2D eigenvalue weighted by molar-refractivity contribution is 5.95. The minimum absolute atomic E-state index is 0.0514. The first-order valence-corrected chi connectivity index (χ1v) is 12.4. The molecule has 2 bridgehead atoms. The third kappa shape index (κ3) is 5.35. The van der Waals surface area contributed by atoms with Gasteiger partial charge in [-0.2, -0.15) is 13.2 Å². The fourth-order valence-electron chi connectivity index (χ4n) is 5.33. The molecule has 1 unspecified atom stereocenters. The second kappa shape index (κ2) is 9.91. The van der Waals surface area contributed by atoms with E-state index in [2.05, 4.69) is 10.6 Å². The summed E-state index contributed by atoms with van der Waals surface area (Å²) in [5.74, 6) is -5.90. The Morgan fingerprint density at radius 1 is 1.15 bits per heavy atom. The maximum absolute atomic E-state index is 14.5. The molecule has 5 atom stereocenters. The summed E-state index contributed by atoms with van der Waals surface area (Å²) in [4.78, 5) is 52.5. The highest BCUT2D eigenvalue weighted by Crippen LogP contribution is 2.51. The van der Waals surface area contributed by atoms with E-state index in [0.29, 0.717) is 0 Å². The second-order valence-corrected chi connectivity index (χ2v) is 11.3. The molecule has 4 amide bonds. The number of hydrogen-bond acceptors (Lipinski definition) is 4. The fraction of sp³-hybridized carbons (Fsp3) is 0.538. The van der Waals surface area contributed by atoms with Crippen molar-refractivity contribution >= 4 is 23.6 Å². The molecule has 8 nitrogen and oxygen atoms in total. The van der Waals surface area contributed by atoms with Crippen LogP contribution in [0, 0.1) is 22.6 Å². The molecule has 212 valence electrons. The van der Waals surface area contributed by atoms with E-state index in [0.717, 1.165) is 6.07 Å². The Bertz CT molecular complexity index is 1230. The molecule has 1 aliphatic carbocycles. The van der Waals surface area contributed by atoms with E-state index < -0.39 is 70.6 Å². The van der Waals surface area contributed by atoms with E-state index in [-0.39, 0.29) is 37.2 Å². The number of rotatable bonds is 6. The predicted molar refractivity (Wildman–Crippen MR) is 128 cm³/mol. The molecule has 2 saturated heterocycles. The summed E-state index contributed by atoms with van der Waals surface area (Å²) in [5.41, 5.74) is -2.14. The number of nitrogens with zero attached hydrogens (tertiary/aromatic N) is 1. The molecule has 5 rings (SSSR count). The third-order valence-electron chi connectivity index (χ3n) is 7.59. The van der Waals surface area contributed by atoms with Crippen LogP contribution in [-0.2, 0) is 25.6 Å². The lowest BCUT2D eigenvalue weighted by Crippen LogP contribution is -2.62. The number of nitrogens with one attached hydrogen (secondary N) is 3. The SMILES string of the molecule is CC(C)(C)[C@H](NC(=O)C(F)(F)F)C(=O)N[C@@H](Cc1ccccc1F)C(=O)N1CC[C@@]2(C1)C(=O)NC1=CC2[C@H]1F. The van der Waals surface area contributed by atoms with Crippen LogP contribution in [0.5, 0.6) is 0 Å². The molecule has 13 heteroatoms. The van der Waals surface area contributed by atoms with E-state index in [9.17, 15) is 41.1 Å². The molecular formula is C26H29F5N4O4. The minimum atomic E-state index is -5.25. The van der Waals surface area contributed by atoms with Crippen molar-refractivity contribution in [3.8, 4) is 0 Å². The van der Waals surface area contributed by atoms with Crippen molar-refractivity contribution in [2.24, 2.45) is 16.7 Å². The first kappa shape index (κ1) is 28.5. The van der Waals surface area contributed by atoms with Crippen LogP contribution in [0.3, 0.4) is 0 Å². The van der Waals surface area contributed by atoms with E-state index in [1.807, 2.05) is 0 Å². The zero-order valence-electron chi connectivity index (χ0n) is 21.5. The van der Waals surface area contributed by atoms with E-state index in [4.69, 9.17) is 0 Å². The monoisotopic (exact) mass is 556 g/mol. The molecule has 4 aliphatic rings. The number of likely N-dealkylation sites (tertiary alicyclic amines) is 1. The van der Waals surface area contributed by atoms with Crippen LogP contribution in [0.1, 0.15) is 32.8 Å². The van der Waals surface area contributed by atoms with Gasteiger partial charge in [0.05, 0.1) is 5.41 Å². The maximum Gasteiger partial charge on any atom is 0.471 e. The number of carbonyl (C=O) groups is 4. The van der Waals surface area contributed by atoms with Crippen LogP contribution in [0.2, 0.25) is 0 Å². The van der Waals surface area contributed by atoms with Gasteiger partial charge in [-0.15, -0.1) is 0 Å². The Balaban J connectivity index is 1.58. The summed E-state index contributed by atoms with van der Waals surface area (Å²) < 4.78 is 67.8. The standard InChI is InChI=1S/C26H29F5N4O4/c1-24(2,3)19(34-23(39)26(29,30)31)20(36)32-17(10-13-6-4-5-7-15(13)27)21(37)35-9-8-25(12-35)14-11-16(18(14)28)33-22(25)38/h4-7,11,14,17-19H,8-10,12H2,1-3H3,(H,32,36)(H,33,38)(H,34,39)/t14?,17-,18+,19+,25-/m0/s1. The van der Waals surface area contributed by atoms with Gasteiger partial charge in [-0.3, -0.25) is 19.2 Å². The number of carbonyl (C=O) groups excluding carboxylic acids is 4. The predicted octanol–water partition coefficient (Wildman–Crippen LogP) is 2.15. The molecule has 0 radical (unpaired) electrons. The number of benzene rings is 1. The summed E-state index contributed by atoms with van der Waals surface area (Å²) in [6.07, 6.45) is -5.20. The second-order valence-electron chi connectivity index (χ2n) is 11.3. The zero-order chi connectivity index (χ0) is 28.9. The van der Waals surface area contributed by atoms with Gasteiger partial charge in [0.2, 0.25) is 17.7 Å². The Hall–Kier alpha value is -3.51. The summed E-state index contributed by atoms with van der Waals surface area (Å²) in [6.45, 7) is 4.20. The molecule has 0 aromatic heterocycles. The van der Waals surface area contributed by atoms with Crippen molar-refractivity contribution in [1.82, 2.24) is 20.9 Å². The Kier molecular flexibility index (Phi) is 7.24. The first-order chi connectivity index (χ1) is 18.0. The molecule has 1 spiro atoms. The fourth-order valence-corrected chi connectivity index (χ4v) is 5.33. The number of hydrogen-bond donors (Lipinski definition) is 3. The van der Waals surface area contributed by atoms with Crippen LogP contribution in [0.25, 0.3) is 0 Å². The van der Waals surface area contributed by atoms with E-state index >= 15 is 0 Å². The topological polar surface area (TPSA) is 108 Å². The van der Waals surface area contributed by atoms with Crippen LogP contribution in [-0.4, -0.2) is 66.0 Å². The van der Waals surface area contributed by atoms with Gasteiger partial charge >= 0.3 is 12.1 Å². The van der Waals surface area contributed by atoms with Gasteiger partial charge in [0.15, 0.2) is 0 Å². The largest absolute Gasteiger partial charge is 0.471 e. The summed E-state index contributed by atoms with van der Waals surface area (Å²) in [7, 11) is 0. The van der Waals surface area contributed by atoms with Crippen molar-refractivity contribution in [2.75, 3.05) is 13.1 Å².